The van der Waals surface area contributed by atoms with E-state index in [1.807, 2.05) is 24.3 Å². The van der Waals surface area contributed by atoms with Crippen LogP contribution in [-0.4, -0.2) is 12.4 Å². The van der Waals surface area contributed by atoms with E-state index in [4.69, 9.17) is 46.4 Å². The molecule has 0 fully saturated rings. The van der Waals surface area contributed by atoms with Crippen molar-refractivity contribution in [1.82, 2.24) is 0 Å². The normalized spacial score (nSPS) is 11.5. The highest BCUT2D eigenvalue weighted by atomic mass is 35.5. The van der Waals surface area contributed by atoms with E-state index >= 15 is 0 Å². The molecule has 6 heteroatoms. The van der Waals surface area contributed by atoms with Gasteiger partial charge < -0.3 is 0 Å². The van der Waals surface area contributed by atoms with Crippen molar-refractivity contribution in [2.45, 2.75) is 0 Å². The summed E-state index contributed by atoms with van der Waals surface area (Å²) in [4.78, 5) is 8.77. The minimum absolute atomic E-state index is 0.461. The minimum Gasteiger partial charge on any atom is -0.255 e. The van der Waals surface area contributed by atoms with Crippen LogP contribution in [0.1, 0.15) is 11.1 Å². The molecule has 0 heterocycles. The summed E-state index contributed by atoms with van der Waals surface area (Å²) >= 11 is 24.4. The van der Waals surface area contributed by atoms with Crippen LogP contribution in [0.25, 0.3) is 0 Å². The second-order valence-corrected chi connectivity index (χ2v) is 7.06. The first-order valence-corrected chi connectivity index (χ1v) is 9.11. The van der Waals surface area contributed by atoms with Gasteiger partial charge in [0.1, 0.15) is 0 Å². The molecule has 0 N–H and O–H groups in total. The predicted octanol–water partition coefficient (Wildman–Crippen LogP) is 7.80. The number of hydrogen-bond donors (Lipinski definition) is 0. The summed E-state index contributed by atoms with van der Waals surface area (Å²) < 4.78 is 0. The molecule has 0 bridgehead atoms. The van der Waals surface area contributed by atoms with Crippen molar-refractivity contribution in [2.75, 3.05) is 0 Å². The Morgan fingerprint density at radius 2 is 0.885 bits per heavy atom. The van der Waals surface area contributed by atoms with Crippen LogP contribution in [0.3, 0.4) is 0 Å². The number of nitrogens with zero attached hydrogens (tertiary/aromatic N) is 2. The Morgan fingerprint density at radius 1 is 0.538 bits per heavy atom. The van der Waals surface area contributed by atoms with E-state index in [1.54, 1.807) is 48.8 Å². The highest BCUT2D eigenvalue weighted by Crippen LogP contribution is 2.36. The molecule has 26 heavy (non-hydrogen) atoms. The zero-order chi connectivity index (χ0) is 18.5. The Hall–Kier alpha value is -1.84. The largest absolute Gasteiger partial charge is 0.255 e. The molecule has 0 aromatic heterocycles. The summed E-state index contributed by atoms with van der Waals surface area (Å²) in [7, 11) is 0. The Bertz CT molecular complexity index is 881. The van der Waals surface area contributed by atoms with E-state index in [2.05, 4.69) is 9.98 Å². The van der Waals surface area contributed by atoms with E-state index in [-0.39, 0.29) is 0 Å². The molecule has 130 valence electrons. The average Bonchev–Trinajstić information content (AvgIpc) is 2.63. The molecular formula is C20H12Cl4N2. The lowest BCUT2D eigenvalue weighted by atomic mass is 10.2. The first-order valence-electron chi connectivity index (χ1n) is 7.59. The van der Waals surface area contributed by atoms with Gasteiger partial charge in [0.25, 0.3) is 0 Å². The number of rotatable bonds is 4. The quantitative estimate of drug-likeness (QED) is 0.384. The third-order valence-electron chi connectivity index (χ3n) is 3.46. The van der Waals surface area contributed by atoms with Gasteiger partial charge in [-0.05, 0) is 47.5 Å². The third-order valence-corrected chi connectivity index (χ3v) is 4.57. The van der Waals surface area contributed by atoms with Gasteiger partial charge in [0, 0.05) is 22.5 Å². The molecular weight excluding hydrogens is 410 g/mol. The first-order chi connectivity index (χ1) is 12.5. The average molecular weight is 422 g/mol. The summed E-state index contributed by atoms with van der Waals surface area (Å²) in [5, 5.41) is 2.27. The van der Waals surface area contributed by atoms with E-state index in [9.17, 15) is 0 Å². The van der Waals surface area contributed by atoms with Crippen LogP contribution >= 0.6 is 46.4 Å². The van der Waals surface area contributed by atoms with Crippen molar-refractivity contribution in [3.05, 3.63) is 91.9 Å². The molecule has 3 rings (SSSR count). The molecule has 0 saturated carbocycles. The molecule has 0 radical (unpaired) electrons. The fourth-order valence-electron chi connectivity index (χ4n) is 2.11. The van der Waals surface area contributed by atoms with Crippen molar-refractivity contribution >= 4 is 70.2 Å². The second kappa shape index (κ2) is 8.70. The Kier molecular flexibility index (Phi) is 6.33. The van der Waals surface area contributed by atoms with Gasteiger partial charge >= 0.3 is 0 Å². The molecule has 0 saturated heterocycles. The van der Waals surface area contributed by atoms with E-state index in [0.717, 1.165) is 11.1 Å². The van der Waals surface area contributed by atoms with Gasteiger partial charge in [0.05, 0.1) is 21.4 Å². The van der Waals surface area contributed by atoms with Gasteiger partial charge in [-0.1, -0.05) is 70.7 Å². The van der Waals surface area contributed by atoms with Crippen molar-refractivity contribution in [2.24, 2.45) is 9.98 Å². The lowest BCUT2D eigenvalue weighted by molar-refractivity contribution is 1.48. The third kappa shape index (κ3) is 5.09. The second-order valence-electron chi connectivity index (χ2n) is 5.37. The summed E-state index contributed by atoms with van der Waals surface area (Å²) in [6.07, 6.45) is 3.40. The molecule has 3 aromatic rings. The molecule has 0 atom stereocenters. The molecule has 0 aliphatic rings. The summed E-state index contributed by atoms with van der Waals surface area (Å²) in [5.41, 5.74) is 2.95. The Labute approximate surface area is 171 Å². The minimum atomic E-state index is 0.461. The highest BCUT2D eigenvalue weighted by Gasteiger charge is 2.06. The fraction of sp³-hybridized carbons (Fsp3) is 0. The van der Waals surface area contributed by atoms with E-state index < -0.39 is 0 Å². The summed E-state index contributed by atoms with van der Waals surface area (Å²) in [5.74, 6) is 0. The van der Waals surface area contributed by atoms with Crippen molar-refractivity contribution in [1.29, 1.82) is 0 Å². The Morgan fingerprint density at radius 3 is 1.23 bits per heavy atom. The van der Waals surface area contributed by atoms with Crippen LogP contribution in [0.4, 0.5) is 11.4 Å². The molecule has 0 aliphatic heterocycles. The molecule has 0 amide bonds. The number of hydrogen-bond acceptors (Lipinski definition) is 2. The zero-order valence-corrected chi connectivity index (χ0v) is 16.4. The van der Waals surface area contributed by atoms with Gasteiger partial charge in [-0.25, -0.2) is 0 Å². The maximum atomic E-state index is 6.31. The van der Waals surface area contributed by atoms with Gasteiger partial charge in [-0.2, -0.15) is 0 Å². The fourth-order valence-corrected chi connectivity index (χ4v) is 2.77. The zero-order valence-electron chi connectivity index (χ0n) is 13.3. The number of benzene rings is 3. The van der Waals surface area contributed by atoms with Crippen LogP contribution in [0.5, 0.6) is 0 Å². The van der Waals surface area contributed by atoms with Crippen molar-refractivity contribution < 1.29 is 0 Å². The van der Waals surface area contributed by atoms with Crippen LogP contribution in [0, 0.1) is 0 Å². The predicted molar refractivity (Wildman–Crippen MR) is 114 cm³/mol. The number of aliphatic imine (C=N–C) groups is 2. The SMILES string of the molecule is Clc1ccc(C=Nc2cc(Cl)c(N=Cc3ccc(Cl)cc3)cc2Cl)cc1. The molecule has 3 aromatic carbocycles. The van der Waals surface area contributed by atoms with Crippen LogP contribution in [0.2, 0.25) is 20.1 Å². The topological polar surface area (TPSA) is 24.7 Å². The van der Waals surface area contributed by atoms with E-state index in [1.165, 1.54) is 0 Å². The lowest BCUT2D eigenvalue weighted by Crippen LogP contribution is -1.81. The standard InChI is InChI=1S/C20H12Cl4N2/c21-15-5-1-13(2-6-15)11-25-19-9-18(24)20(10-17(19)23)26-12-14-3-7-16(22)8-4-14/h1-12H. The lowest BCUT2D eigenvalue weighted by Gasteiger charge is -2.03. The van der Waals surface area contributed by atoms with Crippen LogP contribution < -0.4 is 0 Å². The van der Waals surface area contributed by atoms with Gasteiger partial charge in [-0.3, -0.25) is 9.98 Å². The molecule has 0 unspecified atom stereocenters. The van der Waals surface area contributed by atoms with Crippen LogP contribution in [-0.2, 0) is 0 Å². The maximum Gasteiger partial charge on any atom is 0.0832 e. The smallest absolute Gasteiger partial charge is 0.0832 e. The van der Waals surface area contributed by atoms with Crippen LogP contribution in [0.15, 0.2) is 70.6 Å². The maximum absolute atomic E-state index is 6.31. The van der Waals surface area contributed by atoms with Crippen molar-refractivity contribution in [3.63, 3.8) is 0 Å². The van der Waals surface area contributed by atoms with Gasteiger partial charge in [0.15, 0.2) is 0 Å². The molecule has 2 nitrogen and oxygen atoms in total. The number of halogens is 4. The first kappa shape index (κ1) is 18.9. The van der Waals surface area contributed by atoms with Crippen molar-refractivity contribution in [3.8, 4) is 0 Å². The highest BCUT2D eigenvalue weighted by molar-refractivity contribution is 6.37. The summed E-state index contributed by atoms with van der Waals surface area (Å²) in [6.45, 7) is 0. The van der Waals surface area contributed by atoms with Gasteiger partial charge in [-0.15, -0.1) is 0 Å². The van der Waals surface area contributed by atoms with E-state index in [0.29, 0.717) is 31.5 Å². The molecule has 0 spiro atoms. The Balaban J connectivity index is 1.81. The molecule has 0 aliphatic carbocycles. The summed E-state index contributed by atoms with van der Waals surface area (Å²) in [6, 6.07) is 18.0. The van der Waals surface area contributed by atoms with Gasteiger partial charge in [0.2, 0.25) is 0 Å². The monoisotopic (exact) mass is 420 g/mol.